The molecule has 1 atom stereocenters. The van der Waals surface area contributed by atoms with Gasteiger partial charge >= 0.3 is 0 Å². The van der Waals surface area contributed by atoms with Gasteiger partial charge in [0.25, 0.3) is 0 Å². The van der Waals surface area contributed by atoms with Crippen LogP contribution >= 0.6 is 0 Å². The summed E-state index contributed by atoms with van der Waals surface area (Å²) in [5.74, 6) is 2.01. The van der Waals surface area contributed by atoms with Gasteiger partial charge in [0.2, 0.25) is 21.8 Å². The summed E-state index contributed by atoms with van der Waals surface area (Å²) < 4.78 is 38.3. The van der Waals surface area contributed by atoms with Crippen LogP contribution in [0.5, 0.6) is 0 Å². The Morgan fingerprint density at radius 1 is 1.11 bits per heavy atom. The summed E-state index contributed by atoms with van der Waals surface area (Å²) in [5.41, 5.74) is 7.22. The van der Waals surface area contributed by atoms with Gasteiger partial charge in [-0.05, 0) is 57.0 Å². The maximum Gasteiger partial charge on any atom is 0.248 e. The van der Waals surface area contributed by atoms with Gasteiger partial charge in [-0.2, -0.15) is 0 Å². The second-order valence-electron chi connectivity index (χ2n) is 9.41. The summed E-state index contributed by atoms with van der Waals surface area (Å²) in [5, 5.41) is 11.0. The van der Waals surface area contributed by atoms with Crippen LogP contribution in [0, 0.1) is 0 Å². The van der Waals surface area contributed by atoms with Crippen molar-refractivity contribution in [1.82, 2.24) is 15.2 Å². The molecule has 196 valence electrons. The Bertz CT molecular complexity index is 1420. The van der Waals surface area contributed by atoms with Crippen LogP contribution in [0.2, 0.25) is 0 Å². The summed E-state index contributed by atoms with van der Waals surface area (Å²) >= 11 is 0. The average molecular weight is 525 g/mol. The number of nitrogens with two attached hydrogens (primary N) is 1. The summed E-state index contributed by atoms with van der Waals surface area (Å²) in [6.45, 7) is 5.60. The van der Waals surface area contributed by atoms with Crippen molar-refractivity contribution >= 4 is 21.7 Å². The van der Waals surface area contributed by atoms with Crippen LogP contribution in [-0.2, 0) is 28.4 Å². The van der Waals surface area contributed by atoms with Gasteiger partial charge in [-0.15, -0.1) is 10.2 Å². The van der Waals surface area contributed by atoms with Crippen molar-refractivity contribution < 1.29 is 17.3 Å². The van der Waals surface area contributed by atoms with E-state index in [2.05, 4.69) is 20.5 Å². The SMILES string of the molecule is CC(C)S(=O)(=O)N(C)c1cc(-c2nnc([C@](C)(N)Cc3ccccc3)o2)cc(NCCc2ccco2)n1. The van der Waals surface area contributed by atoms with E-state index >= 15 is 0 Å². The van der Waals surface area contributed by atoms with Crippen LogP contribution in [0.4, 0.5) is 11.6 Å². The molecular formula is C26H32N6O4S. The van der Waals surface area contributed by atoms with Gasteiger partial charge in [0.15, 0.2) is 0 Å². The van der Waals surface area contributed by atoms with Gasteiger partial charge < -0.3 is 19.9 Å². The molecule has 3 N–H and O–H groups in total. The smallest absolute Gasteiger partial charge is 0.248 e. The topological polar surface area (TPSA) is 140 Å². The van der Waals surface area contributed by atoms with Gasteiger partial charge in [-0.25, -0.2) is 13.4 Å². The third-order valence-corrected chi connectivity index (χ3v) is 8.09. The lowest BCUT2D eigenvalue weighted by Gasteiger charge is -2.22. The third kappa shape index (κ3) is 6.17. The number of furan rings is 1. The highest BCUT2D eigenvalue weighted by Gasteiger charge is 2.30. The van der Waals surface area contributed by atoms with Crippen LogP contribution in [-0.4, -0.2) is 42.4 Å². The molecule has 3 aromatic heterocycles. The molecule has 0 unspecified atom stereocenters. The van der Waals surface area contributed by atoms with E-state index in [-0.39, 0.29) is 17.6 Å². The van der Waals surface area contributed by atoms with Crippen molar-refractivity contribution in [3.8, 4) is 11.5 Å². The van der Waals surface area contributed by atoms with Crippen LogP contribution in [0.3, 0.4) is 0 Å². The normalized spacial score (nSPS) is 13.5. The summed E-state index contributed by atoms with van der Waals surface area (Å²) in [4.78, 5) is 4.53. The summed E-state index contributed by atoms with van der Waals surface area (Å²) in [6.07, 6.45) is 2.75. The standard InChI is InChI=1S/C26H32N6O4S/c1-18(2)37(33,34)32(4)23-16-20(15-22(29-23)28-13-12-21-11-8-14-35-21)24-30-31-25(36-24)26(3,27)17-19-9-6-5-7-10-19/h5-11,14-16,18H,12-13,17,27H2,1-4H3,(H,28,29)/t26-/m1/s1. The lowest BCUT2D eigenvalue weighted by molar-refractivity contribution is 0.355. The zero-order chi connectivity index (χ0) is 26.6. The number of hydrogen-bond donors (Lipinski definition) is 2. The molecule has 3 heterocycles. The highest BCUT2D eigenvalue weighted by atomic mass is 32.2. The van der Waals surface area contributed by atoms with Crippen molar-refractivity contribution in [3.63, 3.8) is 0 Å². The number of pyridine rings is 1. The molecule has 1 aromatic carbocycles. The van der Waals surface area contributed by atoms with Crippen molar-refractivity contribution in [1.29, 1.82) is 0 Å². The van der Waals surface area contributed by atoms with Crippen molar-refractivity contribution in [2.24, 2.45) is 5.73 Å². The maximum atomic E-state index is 12.9. The van der Waals surface area contributed by atoms with Gasteiger partial charge in [-0.3, -0.25) is 4.31 Å². The monoisotopic (exact) mass is 524 g/mol. The molecule has 0 aliphatic rings. The minimum absolute atomic E-state index is 0.216. The largest absolute Gasteiger partial charge is 0.469 e. The number of benzene rings is 1. The number of aromatic nitrogens is 3. The Labute approximate surface area is 217 Å². The molecule has 4 aromatic rings. The summed E-state index contributed by atoms with van der Waals surface area (Å²) in [6, 6.07) is 16.9. The third-order valence-electron chi connectivity index (χ3n) is 5.94. The molecule has 0 spiro atoms. The average Bonchev–Trinajstić information content (AvgIpc) is 3.57. The first-order chi connectivity index (χ1) is 17.6. The minimum Gasteiger partial charge on any atom is -0.469 e. The van der Waals surface area contributed by atoms with Crippen LogP contribution in [0.15, 0.2) is 69.7 Å². The maximum absolute atomic E-state index is 12.9. The quantitative estimate of drug-likeness (QED) is 0.298. The molecule has 0 saturated carbocycles. The minimum atomic E-state index is -3.61. The Morgan fingerprint density at radius 2 is 1.86 bits per heavy atom. The molecule has 0 aliphatic carbocycles. The lowest BCUT2D eigenvalue weighted by Crippen LogP contribution is -2.35. The molecular weight excluding hydrogens is 492 g/mol. The van der Waals surface area contributed by atoms with E-state index in [9.17, 15) is 8.42 Å². The molecule has 0 fully saturated rings. The van der Waals surface area contributed by atoms with E-state index in [0.717, 1.165) is 11.3 Å². The summed E-state index contributed by atoms with van der Waals surface area (Å²) in [7, 11) is -2.14. The molecule has 4 rings (SSSR count). The fourth-order valence-corrected chi connectivity index (χ4v) is 4.76. The van der Waals surface area contributed by atoms with Crippen molar-refractivity contribution in [3.05, 3.63) is 78.1 Å². The molecule has 0 bridgehead atoms. The molecule has 10 nitrogen and oxygen atoms in total. The Kier molecular flexibility index (Phi) is 7.65. The fourth-order valence-electron chi connectivity index (χ4n) is 3.77. The number of anilines is 2. The van der Waals surface area contributed by atoms with E-state index in [0.29, 0.717) is 30.8 Å². The molecule has 37 heavy (non-hydrogen) atoms. The van der Waals surface area contributed by atoms with E-state index in [1.165, 1.54) is 11.4 Å². The zero-order valence-electron chi connectivity index (χ0n) is 21.4. The van der Waals surface area contributed by atoms with E-state index in [1.807, 2.05) is 49.4 Å². The van der Waals surface area contributed by atoms with E-state index in [4.69, 9.17) is 14.6 Å². The Hall–Kier alpha value is -3.70. The molecule has 0 aliphatic heterocycles. The lowest BCUT2D eigenvalue weighted by atomic mass is 9.94. The van der Waals surface area contributed by atoms with Crippen LogP contribution in [0.25, 0.3) is 11.5 Å². The highest BCUT2D eigenvalue weighted by Crippen LogP contribution is 2.30. The van der Waals surface area contributed by atoms with Crippen LogP contribution in [0.1, 0.15) is 38.0 Å². The number of sulfonamides is 1. The number of nitrogens with zero attached hydrogens (tertiary/aromatic N) is 4. The first kappa shape index (κ1) is 26.4. The van der Waals surface area contributed by atoms with Gasteiger partial charge in [-0.1, -0.05) is 30.3 Å². The first-order valence-corrected chi connectivity index (χ1v) is 13.5. The number of hydrogen-bond acceptors (Lipinski definition) is 9. The molecule has 0 amide bonds. The first-order valence-electron chi connectivity index (χ1n) is 12.0. The second-order valence-corrected chi connectivity index (χ2v) is 11.9. The van der Waals surface area contributed by atoms with Crippen molar-refractivity contribution in [2.45, 2.75) is 44.4 Å². The van der Waals surface area contributed by atoms with Gasteiger partial charge in [0, 0.05) is 25.6 Å². The zero-order valence-corrected chi connectivity index (χ0v) is 22.2. The predicted octanol–water partition coefficient (Wildman–Crippen LogP) is 3.97. The fraction of sp³-hybridized carbons (Fsp3) is 0.346. The van der Waals surface area contributed by atoms with Gasteiger partial charge in [0.1, 0.15) is 17.4 Å². The highest BCUT2D eigenvalue weighted by molar-refractivity contribution is 7.93. The molecule has 11 heteroatoms. The van der Waals surface area contributed by atoms with Crippen molar-refractivity contribution in [2.75, 3.05) is 23.2 Å². The molecule has 0 saturated heterocycles. The van der Waals surface area contributed by atoms with Crippen LogP contribution < -0.4 is 15.4 Å². The molecule has 0 radical (unpaired) electrons. The second kappa shape index (κ2) is 10.7. The van der Waals surface area contributed by atoms with E-state index < -0.39 is 20.8 Å². The Morgan fingerprint density at radius 3 is 2.54 bits per heavy atom. The predicted molar refractivity (Wildman–Crippen MR) is 143 cm³/mol. The van der Waals surface area contributed by atoms with Gasteiger partial charge in [0.05, 0.1) is 17.1 Å². The number of rotatable bonds is 11. The van der Waals surface area contributed by atoms with E-state index in [1.54, 1.807) is 32.2 Å². The Balaban J connectivity index is 1.64. The number of nitrogens with one attached hydrogen (secondary N) is 1.